The highest BCUT2D eigenvalue weighted by atomic mass is 32.2. The van der Waals surface area contributed by atoms with Crippen molar-refractivity contribution in [3.63, 3.8) is 0 Å². The van der Waals surface area contributed by atoms with Gasteiger partial charge in [0.2, 0.25) is 0 Å². The van der Waals surface area contributed by atoms with Crippen LogP contribution in [0.3, 0.4) is 0 Å². The molecule has 5 nitrogen and oxygen atoms in total. The molecule has 1 saturated heterocycles. The van der Waals surface area contributed by atoms with E-state index in [1.807, 2.05) is 54.6 Å². The second-order valence-corrected chi connectivity index (χ2v) is 8.05. The molecule has 156 valence electrons. The molecule has 0 spiro atoms. The van der Waals surface area contributed by atoms with Crippen LogP contribution in [0, 0.1) is 0 Å². The summed E-state index contributed by atoms with van der Waals surface area (Å²) in [7, 11) is 1.64. The fourth-order valence-electron chi connectivity index (χ4n) is 2.71. The summed E-state index contributed by atoms with van der Waals surface area (Å²) in [5.41, 5.74) is 0.921. The number of hydrogen-bond donors (Lipinski definition) is 0. The zero-order valence-electron chi connectivity index (χ0n) is 16.7. The Balaban J connectivity index is 1.44. The van der Waals surface area contributed by atoms with Gasteiger partial charge in [0.25, 0.3) is 5.91 Å². The van der Waals surface area contributed by atoms with E-state index < -0.39 is 0 Å². The maximum Gasteiger partial charge on any atom is 0.266 e. The lowest BCUT2D eigenvalue weighted by molar-refractivity contribution is -0.121. The van der Waals surface area contributed by atoms with E-state index >= 15 is 0 Å². The SMILES string of the molecule is C=CCN1C(=O)C(=Cc2ccc(OCCCOc3ccc(OC)cc3)cc2)SC1=S. The normalized spacial score (nSPS) is 14.8. The summed E-state index contributed by atoms with van der Waals surface area (Å²) in [6, 6.07) is 15.1. The summed E-state index contributed by atoms with van der Waals surface area (Å²) >= 11 is 6.56. The first-order valence-electron chi connectivity index (χ1n) is 9.46. The smallest absolute Gasteiger partial charge is 0.266 e. The molecule has 3 rings (SSSR count). The monoisotopic (exact) mass is 441 g/mol. The van der Waals surface area contributed by atoms with Gasteiger partial charge >= 0.3 is 0 Å². The number of carbonyl (C=O) groups is 1. The molecule has 0 aliphatic carbocycles. The van der Waals surface area contributed by atoms with Crippen LogP contribution in [0.2, 0.25) is 0 Å². The molecule has 1 amide bonds. The number of ether oxygens (including phenoxy) is 3. The zero-order valence-corrected chi connectivity index (χ0v) is 18.3. The first-order chi connectivity index (χ1) is 14.6. The molecule has 30 heavy (non-hydrogen) atoms. The third kappa shape index (κ3) is 5.87. The lowest BCUT2D eigenvalue weighted by atomic mass is 10.2. The van der Waals surface area contributed by atoms with Crippen molar-refractivity contribution in [2.24, 2.45) is 0 Å². The van der Waals surface area contributed by atoms with Crippen LogP contribution in [0.4, 0.5) is 0 Å². The number of amides is 1. The van der Waals surface area contributed by atoms with Crippen LogP contribution in [0.25, 0.3) is 6.08 Å². The van der Waals surface area contributed by atoms with Gasteiger partial charge in [-0.1, -0.05) is 42.2 Å². The Morgan fingerprint density at radius 1 is 1.00 bits per heavy atom. The number of rotatable bonds is 10. The molecular formula is C23H23NO4S2. The number of hydrogen-bond acceptors (Lipinski definition) is 6. The number of methoxy groups -OCH3 is 1. The maximum absolute atomic E-state index is 12.4. The van der Waals surface area contributed by atoms with E-state index in [1.165, 1.54) is 11.8 Å². The number of thioether (sulfide) groups is 1. The van der Waals surface area contributed by atoms with E-state index in [0.29, 0.717) is 29.0 Å². The molecular weight excluding hydrogens is 418 g/mol. The van der Waals surface area contributed by atoms with E-state index in [0.717, 1.165) is 29.2 Å². The van der Waals surface area contributed by atoms with Crippen molar-refractivity contribution in [2.45, 2.75) is 6.42 Å². The zero-order chi connectivity index (χ0) is 21.3. The third-order valence-corrected chi connectivity index (χ3v) is 5.63. The fraction of sp³-hybridized carbons (Fsp3) is 0.217. The minimum Gasteiger partial charge on any atom is -0.497 e. The molecule has 0 atom stereocenters. The number of carbonyl (C=O) groups excluding carboxylic acids is 1. The summed E-state index contributed by atoms with van der Waals surface area (Å²) in [5, 5.41) is 0. The Morgan fingerprint density at radius 3 is 2.13 bits per heavy atom. The van der Waals surface area contributed by atoms with Crippen LogP contribution < -0.4 is 14.2 Å². The van der Waals surface area contributed by atoms with Gasteiger partial charge in [-0.25, -0.2) is 0 Å². The fourth-order valence-corrected chi connectivity index (χ4v) is 3.98. The molecule has 0 saturated carbocycles. The van der Waals surface area contributed by atoms with Crippen LogP contribution in [-0.4, -0.2) is 42.0 Å². The van der Waals surface area contributed by atoms with Crippen LogP contribution >= 0.6 is 24.0 Å². The van der Waals surface area contributed by atoms with E-state index in [9.17, 15) is 4.79 Å². The van der Waals surface area contributed by atoms with Crippen LogP contribution in [0.1, 0.15) is 12.0 Å². The van der Waals surface area contributed by atoms with Crippen molar-refractivity contribution in [1.29, 1.82) is 0 Å². The topological polar surface area (TPSA) is 48.0 Å². The molecule has 7 heteroatoms. The van der Waals surface area contributed by atoms with Crippen molar-refractivity contribution in [3.05, 3.63) is 71.7 Å². The van der Waals surface area contributed by atoms with E-state index in [1.54, 1.807) is 18.1 Å². The first kappa shape index (κ1) is 21.9. The molecule has 1 aliphatic rings. The van der Waals surface area contributed by atoms with Gasteiger partial charge in [-0.05, 0) is 48.0 Å². The summed E-state index contributed by atoms with van der Waals surface area (Å²) in [6.45, 7) is 5.21. The lowest BCUT2D eigenvalue weighted by Gasteiger charge is -2.10. The van der Waals surface area contributed by atoms with Gasteiger partial charge in [-0.2, -0.15) is 0 Å². The molecule has 2 aromatic carbocycles. The maximum atomic E-state index is 12.4. The first-order valence-corrected chi connectivity index (χ1v) is 10.7. The summed E-state index contributed by atoms with van der Waals surface area (Å²) < 4.78 is 17.1. The van der Waals surface area contributed by atoms with Crippen molar-refractivity contribution >= 4 is 40.3 Å². The molecule has 1 fully saturated rings. The average molecular weight is 442 g/mol. The number of benzene rings is 2. The second-order valence-electron chi connectivity index (χ2n) is 6.38. The summed E-state index contributed by atoms with van der Waals surface area (Å²) in [5.74, 6) is 2.30. The molecule has 2 aromatic rings. The van der Waals surface area contributed by atoms with Crippen molar-refractivity contribution in [2.75, 3.05) is 26.9 Å². The van der Waals surface area contributed by atoms with Gasteiger partial charge in [0.15, 0.2) is 0 Å². The highest BCUT2D eigenvalue weighted by molar-refractivity contribution is 8.26. The number of thiocarbonyl (C=S) groups is 1. The van der Waals surface area contributed by atoms with Crippen LogP contribution in [-0.2, 0) is 4.79 Å². The molecule has 0 aromatic heterocycles. The average Bonchev–Trinajstić information content (AvgIpc) is 3.03. The predicted octanol–water partition coefficient (Wildman–Crippen LogP) is 4.93. The van der Waals surface area contributed by atoms with E-state index in [2.05, 4.69) is 6.58 Å². The molecule has 0 unspecified atom stereocenters. The molecule has 0 N–H and O–H groups in total. The van der Waals surface area contributed by atoms with Crippen LogP contribution in [0.5, 0.6) is 17.2 Å². The van der Waals surface area contributed by atoms with Crippen molar-refractivity contribution in [3.8, 4) is 17.2 Å². The van der Waals surface area contributed by atoms with E-state index in [4.69, 9.17) is 26.4 Å². The second kappa shape index (κ2) is 10.8. The molecule has 0 radical (unpaired) electrons. The van der Waals surface area contributed by atoms with Gasteiger partial charge in [0.1, 0.15) is 21.6 Å². The highest BCUT2D eigenvalue weighted by Gasteiger charge is 2.30. The predicted molar refractivity (Wildman–Crippen MR) is 125 cm³/mol. The van der Waals surface area contributed by atoms with Gasteiger partial charge in [0, 0.05) is 13.0 Å². The highest BCUT2D eigenvalue weighted by Crippen LogP contribution is 2.32. The van der Waals surface area contributed by atoms with E-state index in [-0.39, 0.29) is 5.91 Å². The molecule has 1 aliphatic heterocycles. The quantitative estimate of drug-likeness (QED) is 0.226. The van der Waals surface area contributed by atoms with Gasteiger partial charge in [0.05, 0.1) is 25.2 Å². The Morgan fingerprint density at radius 2 is 1.57 bits per heavy atom. The number of nitrogens with zero attached hydrogens (tertiary/aromatic N) is 1. The Hall–Kier alpha value is -2.77. The van der Waals surface area contributed by atoms with Crippen molar-refractivity contribution < 1.29 is 19.0 Å². The summed E-state index contributed by atoms with van der Waals surface area (Å²) in [6.07, 6.45) is 4.27. The Bertz CT molecular complexity index is 923. The third-order valence-electron chi connectivity index (χ3n) is 4.25. The lowest BCUT2D eigenvalue weighted by Crippen LogP contribution is -2.27. The minimum absolute atomic E-state index is 0.0814. The van der Waals surface area contributed by atoms with Crippen LogP contribution in [0.15, 0.2) is 66.1 Å². The van der Waals surface area contributed by atoms with Gasteiger partial charge < -0.3 is 14.2 Å². The van der Waals surface area contributed by atoms with Crippen molar-refractivity contribution in [1.82, 2.24) is 4.90 Å². The molecule has 0 bridgehead atoms. The molecule has 1 heterocycles. The minimum atomic E-state index is -0.0814. The van der Waals surface area contributed by atoms with Gasteiger partial charge in [-0.15, -0.1) is 6.58 Å². The largest absolute Gasteiger partial charge is 0.497 e. The standard InChI is InChI=1S/C23H23NO4S2/c1-3-13-24-22(25)21(30-23(24)29)16-17-5-7-19(8-6-17)27-14-4-15-28-20-11-9-18(26-2)10-12-20/h3,5-12,16H,1,4,13-15H2,2H3. The van der Waals surface area contributed by atoms with Gasteiger partial charge in [-0.3, -0.25) is 9.69 Å². The summed E-state index contributed by atoms with van der Waals surface area (Å²) in [4.78, 5) is 14.5. The Kier molecular flexibility index (Phi) is 7.93. The Labute approximate surface area is 186 Å².